The first-order valence-electron chi connectivity index (χ1n) is 4.25. The SMILES string of the molecule is O[C@@H]1CC[C@H](Br)[C@@H]2CC[C@H]1O2. The Morgan fingerprint density at radius 3 is 2.64 bits per heavy atom. The van der Waals surface area contributed by atoms with Gasteiger partial charge in [0.2, 0.25) is 0 Å². The molecule has 2 aliphatic heterocycles. The van der Waals surface area contributed by atoms with E-state index in [4.69, 9.17) is 4.74 Å². The molecule has 4 atom stereocenters. The van der Waals surface area contributed by atoms with Gasteiger partial charge in [-0.3, -0.25) is 0 Å². The van der Waals surface area contributed by atoms with E-state index in [1.54, 1.807) is 0 Å². The second kappa shape index (κ2) is 3.04. The topological polar surface area (TPSA) is 29.5 Å². The lowest BCUT2D eigenvalue weighted by Crippen LogP contribution is -2.23. The molecule has 2 nitrogen and oxygen atoms in total. The van der Waals surface area contributed by atoms with Crippen LogP contribution in [0.4, 0.5) is 0 Å². The maximum Gasteiger partial charge on any atom is 0.0839 e. The highest BCUT2D eigenvalue weighted by atomic mass is 79.9. The van der Waals surface area contributed by atoms with Crippen molar-refractivity contribution in [2.75, 3.05) is 0 Å². The Bertz CT molecular complexity index is 135. The molecule has 2 heterocycles. The summed E-state index contributed by atoms with van der Waals surface area (Å²) >= 11 is 3.58. The average molecular weight is 221 g/mol. The number of hydrogen-bond acceptors (Lipinski definition) is 2. The van der Waals surface area contributed by atoms with Gasteiger partial charge in [0, 0.05) is 4.83 Å². The Kier molecular flexibility index (Phi) is 2.21. The van der Waals surface area contributed by atoms with Crippen LogP contribution < -0.4 is 0 Å². The summed E-state index contributed by atoms with van der Waals surface area (Å²) in [7, 11) is 0. The molecular weight excluding hydrogens is 208 g/mol. The Balaban J connectivity index is 2.07. The van der Waals surface area contributed by atoms with Gasteiger partial charge >= 0.3 is 0 Å². The van der Waals surface area contributed by atoms with E-state index in [0.717, 1.165) is 25.7 Å². The van der Waals surface area contributed by atoms with Crippen molar-refractivity contribution in [1.29, 1.82) is 0 Å². The van der Waals surface area contributed by atoms with Gasteiger partial charge in [0.15, 0.2) is 0 Å². The van der Waals surface area contributed by atoms with Crippen LogP contribution in [-0.4, -0.2) is 28.2 Å². The molecule has 2 fully saturated rings. The Hall–Kier alpha value is 0.400. The summed E-state index contributed by atoms with van der Waals surface area (Å²) in [6.45, 7) is 0. The number of ether oxygens (including phenoxy) is 1. The number of aliphatic hydroxyl groups is 1. The summed E-state index contributed by atoms with van der Waals surface area (Å²) in [6.07, 6.45) is 4.34. The molecule has 0 radical (unpaired) electrons. The molecule has 0 aromatic carbocycles. The fourth-order valence-electron chi connectivity index (χ4n) is 1.94. The lowest BCUT2D eigenvalue weighted by molar-refractivity contribution is -0.0193. The molecule has 11 heavy (non-hydrogen) atoms. The summed E-state index contributed by atoms with van der Waals surface area (Å²) in [5.41, 5.74) is 0. The molecule has 2 rings (SSSR count). The van der Waals surface area contributed by atoms with Crippen LogP contribution in [0.5, 0.6) is 0 Å². The maximum atomic E-state index is 9.55. The normalized spacial score (nSPS) is 50.7. The lowest BCUT2D eigenvalue weighted by atomic mass is 9.99. The molecule has 1 N–H and O–H groups in total. The van der Waals surface area contributed by atoms with Gasteiger partial charge in [-0.1, -0.05) is 15.9 Å². The quantitative estimate of drug-likeness (QED) is 0.627. The highest BCUT2D eigenvalue weighted by Crippen LogP contribution is 2.34. The van der Waals surface area contributed by atoms with E-state index < -0.39 is 0 Å². The predicted molar refractivity (Wildman–Crippen MR) is 45.9 cm³/mol. The number of fused-ring (bicyclic) bond motifs is 2. The van der Waals surface area contributed by atoms with Gasteiger partial charge in [-0.05, 0) is 25.7 Å². The summed E-state index contributed by atoms with van der Waals surface area (Å²) in [5, 5.41) is 9.55. The Morgan fingerprint density at radius 2 is 1.82 bits per heavy atom. The van der Waals surface area contributed by atoms with Gasteiger partial charge in [-0.2, -0.15) is 0 Å². The molecule has 0 saturated carbocycles. The van der Waals surface area contributed by atoms with Crippen molar-refractivity contribution in [3.63, 3.8) is 0 Å². The van der Waals surface area contributed by atoms with E-state index in [1.807, 2.05) is 0 Å². The van der Waals surface area contributed by atoms with Gasteiger partial charge in [0.25, 0.3) is 0 Å². The van der Waals surface area contributed by atoms with Crippen molar-refractivity contribution in [3.8, 4) is 0 Å². The number of halogens is 1. The van der Waals surface area contributed by atoms with Crippen LogP contribution in [0, 0.1) is 0 Å². The van der Waals surface area contributed by atoms with Crippen LogP contribution in [0.2, 0.25) is 0 Å². The summed E-state index contributed by atoms with van der Waals surface area (Å²) in [5.74, 6) is 0. The number of aliphatic hydroxyl groups excluding tert-OH is 1. The van der Waals surface area contributed by atoms with Crippen LogP contribution in [-0.2, 0) is 4.74 Å². The molecule has 2 aliphatic rings. The molecule has 2 bridgehead atoms. The standard InChI is InChI=1S/C8H13BrO2/c9-5-1-2-6(10)8-4-3-7(5)11-8/h5-8,10H,1-4H2/t5-,6+,7-,8+/m0/s1. The van der Waals surface area contributed by atoms with Gasteiger partial charge < -0.3 is 9.84 Å². The van der Waals surface area contributed by atoms with E-state index in [1.165, 1.54) is 0 Å². The zero-order valence-corrected chi connectivity index (χ0v) is 7.96. The summed E-state index contributed by atoms with van der Waals surface area (Å²) in [4.78, 5) is 0.463. The fourth-order valence-corrected chi connectivity index (χ4v) is 2.59. The van der Waals surface area contributed by atoms with Crippen LogP contribution in [0.1, 0.15) is 25.7 Å². The second-order valence-electron chi connectivity index (χ2n) is 3.45. The zero-order chi connectivity index (χ0) is 7.84. The minimum Gasteiger partial charge on any atom is -0.390 e. The zero-order valence-electron chi connectivity index (χ0n) is 6.37. The number of rotatable bonds is 0. The van der Waals surface area contributed by atoms with E-state index >= 15 is 0 Å². The third-order valence-corrected chi connectivity index (χ3v) is 3.70. The van der Waals surface area contributed by atoms with E-state index in [9.17, 15) is 5.11 Å². The van der Waals surface area contributed by atoms with Gasteiger partial charge in [-0.15, -0.1) is 0 Å². The van der Waals surface area contributed by atoms with Crippen LogP contribution in [0.15, 0.2) is 0 Å². The Morgan fingerprint density at radius 1 is 1.09 bits per heavy atom. The van der Waals surface area contributed by atoms with Crippen molar-refractivity contribution in [2.24, 2.45) is 0 Å². The van der Waals surface area contributed by atoms with Crippen LogP contribution >= 0.6 is 15.9 Å². The van der Waals surface area contributed by atoms with Crippen LogP contribution in [0.25, 0.3) is 0 Å². The monoisotopic (exact) mass is 220 g/mol. The largest absolute Gasteiger partial charge is 0.390 e. The minimum absolute atomic E-state index is 0.127. The third-order valence-electron chi connectivity index (χ3n) is 2.66. The number of hydrogen-bond donors (Lipinski definition) is 1. The number of alkyl halides is 1. The minimum atomic E-state index is -0.220. The van der Waals surface area contributed by atoms with Gasteiger partial charge in [-0.25, -0.2) is 0 Å². The van der Waals surface area contributed by atoms with E-state index in [2.05, 4.69) is 15.9 Å². The lowest BCUT2D eigenvalue weighted by Gasteiger charge is -2.14. The Labute approximate surface area is 75.1 Å². The first kappa shape index (κ1) is 8.02. The molecule has 2 saturated heterocycles. The smallest absolute Gasteiger partial charge is 0.0839 e. The van der Waals surface area contributed by atoms with Gasteiger partial charge in [0.05, 0.1) is 18.3 Å². The van der Waals surface area contributed by atoms with Crippen LogP contribution in [0.3, 0.4) is 0 Å². The summed E-state index contributed by atoms with van der Waals surface area (Å²) in [6, 6.07) is 0. The predicted octanol–water partition coefficient (Wildman–Crippen LogP) is 1.45. The molecular formula is C8H13BrO2. The van der Waals surface area contributed by atoms with Crippen molar-refractivity contribution in [2.45, 2.75) is 48.8 Å². The second-order valence-corrected chi connectivity index (χ2v) is 4.63. The molecule has 0 aromatic heterocycles. The maximum absolute atomic E-state index is 9.55. The molecule has 0 aromatic rings. The molecule has 0 unspecified atom stereocenters. The van der Waals surface area contributed by atoms with Crippen molar-refractivity contribution < 1.29 is 9.84 Å². The molecule has 3 heteroatoms. The molecule has 0 spiro atoms. The third kappa shape index (κ3) is 1.46. The van der Waals surface area contributed by atoms with E-state index in [0.29, 0.717) is 10.9 Å². The molecule has 64 valence electrons. The van der Waals surface area contributed by atoms with Crippen molar-refractivity contribution >= 4 is 15.9 Å². The molecule has 0 aliphatic carbocycles. The van der Waals surface area contributed by atoms with Gasteiger partial charge in [0.1, 0.15) is 0 Å². The highest BCUT2D eigenvalue weighted by molar-refractivity contribution is 9.09. The highest BCUT2D eigenvalue weighted by Gasteiger charge is 2.37. The average Bonchev–Trinajstić information content (AvgIpc) is 2.42. The first-order valence-corrected chi connectivity index (χ1v) is 5.16. The van der Waals surface area contributed by atoms with Crippen molar-refractivity contribution in [1.82, 2.24) is 0 Å². The fraction of sp³-hybridized carbons (Fsp3) is 1.00. The molecule has 0 amide bonds. The van der Waals surface area contributed by atoms with Crippen molar-refractivity contribution in [3.05, 3.63) is 0 Å². The van der Waals surface area contributed by atoms with E-state index in [-0.39, 0.29) is 12.2 Å². The first-order chi connectivity index (χ1) is 5.27. The summed E-state index contributed by atoms with van der Waals surface area (Å²) < 4.78 is 5.65.